The van der Waals surface area contributed by atoms with Gasteiger partial charge in [-0.05, 0) is 12.7 Å². The molecule has 1 aromatic rings. The summed E-state index contributed by atoms with van der Waals surface area (Å²) in [6, 6.07) is 1.72. The molecule has 0 aromatic carbocycles. The molecule has 0 saturated carbocycles. The van der Waals surface area contributed by atoms with Gasteiger partial charge in [-0.25, -0.2) is 5.84 Å². The summed E-state index contributed by atoms with van der Waals surface area (Å²) in [7, 11) is 0. The van der Waals surface area contributed by atoms with Crippen molar-refractivity contribution in [2.45, 2.75) is 18.6 Å². The van der Waals surface area contributed by atoms with Crippen LogP contribution in [0.2, 0.25) is 0 Å². The Labute approximate surface area is 99.6 Å². The van der Waals surface area contributed by atoms with Crippen molar-refractivity contribution in [1.82, 2.24) is 9.97 Å². The molecular formula is C9H18N6S. The highest BCUT2D eigenvalue weighted by atomic mass is 32.2. The second-order valence-corrected chi connectivity index (χ2v) is 4.68. The lowest BCUT2D eigenvalue weighted by Crippen LogP contribution is -2.13. The number of hydrazine groups is 1. The van der Waals surface area contributed by atoms with Gasteiger partial charge in [0.2, 0.25) is 5.95 Å². The van der Waals surface area contributed by atoms with Crippen molar-refractivity contribution < 1.29 is 0 Å². The Balaban J connectivity index is 2.50. The summed E-state index contributed by atoms with van der Waals surface area (Å²) >= 11 is 1.84. The Kier molecular flexibility index (Phi) is 5.13. The molecule has 6 nitrogen and oxygen atoms in total. The number of nitrogen functional groups attached to an aromatic ring is 2. The number of nitrogens with one attached hydrogen (secondary N) is 2. The molecule has 7 heteroatoms. The summed E-state index contributed by atoms with van der Waals surface area (Å²) in [5.74, 6) is 6.66. The Hall–Kier alpha value is -1.21. The van der Waals surface area contributed by atoms with Crippen LogP contribution in [-0.4, -0.2) is 28.0 Å². The summed E-state index contributed by atoms with van der Waals surface area (Å²) in [5.41, 5.74) is 7.97. The summed E-state index contributed by atoms with van der Waals surface area (Å²) in [4.78, 5) is 7.96. The standard InChI is InChI=1S/C9H18N6S/c1-6(16-2)3-4-12-7-5-8(15-11)14-9(10)13-7/h5-6H,3-4,11H2,1-2H3,(H4,10,12,13,14,15). The van der Waals surface area contributed by atoms with Crippen LogP contribution in [0.25, 0.3) is 0 Å². The van der Waals surface area contributed by atoms with Gasteiger partial charge in [0.05, 0.1) is 0 Å². The Morgan fingerprint density at radius 2 is 2.12 bits per heavy atom. The van der Waals surface area contributed by atoms with Gasteiger partial charge in [0.25, 0.3) is 0 Å². The molecular weight excluding hydrogens is 224 g/mol. The number of rotatable bonds is 6. The monoisotopic (exact) mass is 242 g/mol. The molecule has 0 bridgehead atoms. The van der Waals surface area contributed by atoms with Gasteiger partial charge in [-0.3, -0.25) is 0 Å². The van der Waals surface area contributed by atoms with E-state index in [1.54, 1.807) is 6.07 Å². The Morgan fingerprint density at radius 1 is 1.44 bits per heavy atom. The summed E-state index contributed by atoms with van der Waals surface area (Å²) in [6.45, 7) is 3.04. The van der Waals surface area contributed by atoms with E-state index in [9.17, 15) is 0 Å². The van der Waals surface area contributed by atoms with Crippen LogP contribution in [-0.2, 0) is 0 Å². The summed E-state index contributed by atoms with van der Waals surface area (Å²) < 4.78 is 0. The molecule has 0 radical (unpaired) electrons. The van der Waals surface area contributed by atoms with Gasteiger partial charge in [0.15, 0.2) is 0 Å². The second kappa shape index (κ2) is 6.39. The van der Waals surface area contributed by atoms with Crippen LogP contribution in [0.1, 0.15) is 13.3 Å². The lowest BCUT2D eigenvalue weighted by atomic mass is 10.3. The van der Waals surface area contributed by atoms with E-state index in [0.717, 1.165) is 13.0 Å². The first-order valence-corrected chi connectivity index (χ1v) is 6.32. The highest BCUT2D eigenvalue weighted by Crippen LogP contribution is 2.13. The molecule has 1 heterocycles. The molecule has 0 aliphatic rings. The minimum Gasteiger partial charge on any atom is -0.370 e. The molecule has 90 valence electrons. The zero-order valence-electron chi connectivity index (χ0n) is 9.53. The maximum atomic E-state index is 5.53. The van der Waals surface area contributed by atoms with Crippen LogP contribution in [0.4, 0.5) is 17.6 Å². The van der Waals surface area contributed by atoms with E-state index in [0.29, 0.717) is 16.9 Å². The van der Waals surface area contributed by atoms with E-state index in [-0.39, 0.29) is 5.95 Å². The second-order valence-electron chi connectivity index (χ2n) is 3.40. The topological polar surface area (TPSA) is 102 Å². The van der Waals surface area contributed by atoms with Gasteiger partial charge in [-0.1, -0.05) is 6.92 Å². The molecule has 1 rings (SSSR count). The predicted molar refractivity (Wildman–Crippen MR) is 70.3 cm³/mol. The van der Waals surface area contributed by atoms with Gasteiger partial charge < -0.3 is 16.5 Å². The largest absolute Gasteiger partial charge is 0.370 e. The number of hydrogen-bond donors (Lipinski definition) is 4. The minimum atomic E-state index is 0.205. The Bertz CT molecular complexity index is 332. The van der Waals surface area contributed by atoms with Crippen molar-refractivity contribution in [2.24, 2.45) is 5.84 Å². The zero-order chi connectivity index (χ0) is 12.0. The first kappa shape index (κ1) is 12.9. The zero-order valence-corrected chi connectivity index (χ0v) is 10.3. The van der Waals surface area contributed by atoms with E-state index in [1.165, 1.54) is 0 Å². The smallest absolute Gasteiger partial charge is 0.223 e. The molecule has 1 aromatic heterocycles. The first-order chi connectivity index (χ1) is 7.65. The van der Waals surface area contributed by atoms with Crippen LogP contribution in [0.15, 0.2) is 6.07 Å². The van der Waals surface area contributed by atoms with E-state index in [1.807, 2.05) is 11.8 Å². The van der Waals surface area contributed by atoms with Crippen LogP contribution in [0, 0.1) is 0 Å². The average molecular weight is 242 g/mol. The molecule has 0 spiro atoms. The van der Waals surface area contributed by atoms with Gasteiger partial charge >= 0.3 is 0 Å². The van der Waals surface area contributed by atoms with Crippen molar-refractivity contribution in [3.8, 4) is 0 Å². The Morgan fingerprint density at radius 3 is 2.75 bits per heavy atom. The fourth-order valence-electron chi connectivity index (χ4n) is 1.15. The van der Waals surface area contributed by atoms with Crippen molar-refractivity contribution >= 4 is 29.3 Å². The van der Waals surface area contributed by atoms with E-state index >= 15 is 0 Å². The molecule has 0 fully saturated rings. The normalized spacial score (nSPS) is 12.2. The highest BCUT2D eigenvalue weighted by Gasteiger charge is 2.02. The van der Waals surface area contributed by atoms with Crippen molar-refractivity contribution in [3.05, 3.63) is 6.07 Å². The molecule has 0 aliphatic carbocycles. The molecule has 6 N–H and O–H groups in total. The van der Waals surface area contributed by atoms with Crippen LogP contribution < -0.4 is 22.3 Å². The third kappa shape index (κ3) is 4.11. The quantitative estimate of drug-likeness (QED) is 0.434. The van der Waals surface area contributed by atoms with Crippen molar-refractivity contribution in [1.29, 1.82) is 0 Å². The molecule has 16 heavy (non-hydrogen) atoms. The fraction of sp³-hybridized carbons (Fsp3) is 0.556. The summed E-state index contributed by atoms with van der Waals surface area (Å²) in [5, 5.41) is 3.81. The number of thioether (sulfide) groups is 1. The number of hydrogen-bond acceptors (Lipinski definition) is 7. The lowest BCUT2D eigenvalue weighted by molar-refractivity contribution is 0.849. The van der Waals surface area contributed by atoms with Crippen molar-refractivity contribution in [3.63, 3.8) is 0 Å². The van der Waals surface area contributed by atoms with Gasteiger partial charge in [0, 0.05) is 17.9 Å². The maximum absolute atomic E-state index is 5.53. The highest BCUT2D eigenvalue weighted by molar-refractivity contribution is 7.99. The van der Waals surface area contributed by atoms with E-state index < -0.39 is 0 Å². The van der Waals surface area contributed by atoms with Gasteiger partial charge in [0.1, 0.15) is 11.6 Å². The third-order valence-corrected chi connectivity index (χ3v) is 3.19. The summed E-state index contributed by atoms with van der Waals surface area (Å²) in [6.07, 6.45) is 3.17. The van der Waals surface area contributed by atoms with Gasteiger partial charge in [-0.15, -0.1) is 0 Å². The van der Waals surface area contributed by atoms with Crippen molar-refractivity contribution in [2.75, 3.05) is 29.3 Å². The molecule has 0 aliphatic heterocycles. The fourth-order valence-corrected chi connectivity index (χ4v) is 1.51. The predicted octanol–water partition coefficient (Wildman–Crippen LogP) is 0.898. The molecule has 0 saturated heterocycles. The van der Waals surface area contributed by atoms with E-state index in [4.69, 9.17) is 11.6 Å². The third-order valence-electron chi connectivity index (χ3n) is 2.15. The van der Waals surface area contributed by atoms with Crippen LogP contribution in [0.3, 0.4) is 0 Å². The average Bonchev–Trinajstić information content (AvgIpc) is 2.28. The number of aromatic nitrogens is 2. The number of anilines is 3. The van der Waals surface area contributed by atoms with Crippen LogP contribution in [0.5, 0.6) is 0 Å². The number of nitrogens with two attached hydrogens (primary N) is 2. The SMILES string of the molecule is CSC(C)CCNc1cc(NN)nc(N)n1. The van der Waals surface area contributed by atoms with E-state index in [2.05, 4.69) is 33.9 Å². The molecule has 1 unspecified atom stereocenters. The van der Waals surface area contributed by atoms with Crippen LogP contribution >= 0.6 is 11.8 Å². The lowest BCUT2D eigenvalue weighted by Gasteiger charge is -2.10. The molecule has 1 atom stereocenters. The molecule has 0 amide bonds. The minimum absolute atomic E-state index is 0.205. The maximum Gasteiger partial charge on any atom is 0.223 e. The number of nitrogens with zero attached hydrogens (tertiary/aromatic N) is 2. The van der Waals surface area contributed by atoms with Gasteiger partial charge in [-0.2, -0.15) is 21.7 Å². The first-order valence-electron chi connectivity index (χ1n) is 5.03.